The maximum atomic E-state index is 13.9. The fourth-order valence-electron chi connectivity index (χ4n) is 6.24. The second-order valence-electron chi connectivity index (χ2n) is 11.6. The Bertz CT molecular complexity index is 1200. The van der Waals surface area contributed by atoms with Gasteiger partial charge in [0.25, 0.3) is 18.2 Å². The van der Waals surface area contributed by atoms with Crippen LogP contribution in [0.3, 0.4) is 0 Å². The molecule has 2 aliphatic heterocycles. The van der Waals surface area contributed by atoms with Gasteiger partial charge in [-0.25, -0.2) is 8.78 Å². The van der Waals surface area contributed by atoms with Gasteiger partial charge in [-0.2, -0.15) is 0 Å². The monoisotopic (exact) mass is 573 g/mol. The van der Waals surface area contributed by atoms with Gasteiger partial charge in [0.1, 0.15) is 0 Å². The molecule has 2 amide bonds. The van der Waals surface area contributed by atoms with Gasteiger partial charge in [0.05, 0.1) is 10.6 Å². The van der Waals surface area contributed by atoms with E-state index in [0.717, 1.165) is 63.7 Å². The van der Waals surface area contributed by atoms with E-state index in [4.69, 9.17) is 11.6 Å². The van der Waals surface area contributed by atoms with Gasteiger partial charge < -0.3 is 19.8 Å². The molecule has 5 rings (SSSR count). The van der Waals surface area contributed by atoms with E-state index in [2.05, 4.69) is 4.90 Å². The summed E-state index contributed by atoms with van der Waals surface area (Å²) < 4.78 is 27.9. The summed E-state index contributed by atoms with van der Waals surface area (Å²) in [6.45, 7) is 2.58. The number of carbonyl (C=O) groups is 2. The summed E-state index contributed by atoms with van der Waals surface area (Å²) in [5.41, 5.74) is -1.30. The quantitative estimate of drug-likeness (QED) is 0.448. The number of benzene rings is 2. The van der Waals surface area contributed by atoms with E-state index >= 15 is 0 Å². The van der Waals surface area contributed by atoms with Gasteiger partial charge in [0.2, 0.25) is 5.60 Å². The number of hydrogen-bond donors (Lipinski definition) is 1. The fraction of sp³-hybridized carbons (Fsp3) is 0.548. The first-order valence-corrected chi connectivity index (χ1v) is 14.7. The number of carbonyl (C=O) groups excluding carboxylic acids is 2. The first kappa shape index (κ1) is 28.8. The van der Waals surface area contributed by atoms with E-state index in [9.17, 15) is 23.5 Å². The molecule has 6 nitrogen and oxygen atoms in total. The van der Waals surface area contributed by atoms with Gasteiger partial charge in [-0.3, -0.25) is 9.59 Å². The Kier molecular flexibility index (Phi) is 8.66. The molecular formula is C31H38ClF2N3O3. The molecule has 1 N–H and O–H groups in total. The highest BCUT2D eigenvalue weighted by atomic mass is 35.5. The number of aliphatic hydroxyl groups is 1. The fourth-order valence-corrected chi connectivity index (χ4v) is 6.49. The van der Waals surface area contributed by atoms with Crippen LogP contribution in [0.25, 0.3) is 0 Å². The van der Waals surface area contributed by atoms with Crippen molar-refractivity contribution < 1.29 is 23.5 Å². The van der Waals surface area contributed by atoms with Gasteiger partial charge >= 0.3 is 0 Å². The Morgan fingerprint density at radius 1 is 0.975 bits per heavy atom. The summed E-state index contributed by atoms with van der Waals surface area (Å²) in [5.74, 6) is 0.0602. The minimum absolute atomic E-state index is 0.0237. The molecule has 0 unspecified atom stereocenters. The van der Waals surface area contributed by atoms with Crippen molar-refractivity contribution in [1.29, 1.82) is 0 Å². The number of rotatable bonds is 8. The predicted molar refractivity (Wildman–Crippen MR) is 152 cm³/mol. The summed E-state index contributed by atoms with van der Waals surface area (Å²) in [6.07, 6.45) is 3.54. The van der Waals surface area contributed by atoms with Crippen LogP contribution in [-0.4, -0.2) is 72.4 Å². The van der Waals surface area contributed by atoms with Crippen LogP contribution in [0.4, 0.5) is 14.5 Å². The van der Waals surface area contributed by atoms with Crippen molar-refractivity contribution in [2.75, 3.05) is 38.1 Å². The van der Waals surface area contributed by atoms with Crippen LogP contribution in [0.2, 0.25) is 5.02 Å². The lowest BCUT2D eigenvalue weighted by atomic mass is 9.82. The Morgan fingerprint density at radius 2 is 1.57 bits per heavy atom. The molecule has 3 fully saturated rings. The lowest BCUT2D eigenvalue weighted by molar-refractivity contribution is -0.173. The molecule has 1 saturated carbocycles. The van der Waals surface area contributed by atoms with Crippen molar-refractivity contribution in [3.63, 3.8) is 0 Å². The van der Waals surface area contributed by atoms with Gasteiger partial charge in [-0.05, 0) is 80.5 Å². The highest BCUT2D eigenvalue weighted by Crippen LogP contribution is 2.36. The van der Waals surface area contributed by atoms with E-state index < -0.39 is 17.9 Å². The summed E-state index contributed by atoms with van der Waals surface area (Å²) in [6, 6.07) is 13.6. The largest absolute Gasteiger partial charge is 0.371 e. The van der Waals surface area contributed by atoms with Crippen LogP contribution in [-0.2, 0) is 10.4 Å². The molecule has 9 heteroatoms. The number of anilines is 1. The summed E-state index contributed by atoms with van der Waals surface area (Å²) in [7, 11) is 1.84. The number of amides is 2. The lowest BCUT2D eigenvalue weighted by Crippen LogP contribution is -2.53. The zero-order valence-electron chi connectivity index (χ0n) is 22.9. The van der Waals surface area contributed by atoms with Crippen LogP contribution >= 0.6 is 11.6 Å². The number of likely N-dealkylation sites (tertiary alicyclic amines) is 1. The van der Waals surface area contributed by atoms with Gasteiger partial charge in [-0.15, -0.1) is 0 Å². The molecule has 1 atom stereocenters. The average Bonchev–Trinajstić information content (AvgIpc) is 3.82. The number of alkyl halides is 2. The van der Waals surface area contributed by atoms with Gasteiger partial charge in [0, 0.05) is 45.0 Å². The Hall–Kier alpha value is -2.71. The van der Waals surface area contributed by atoms with E-state index in [1.807, 2.05) is 25.2 Å². The number of piperidine rings is 2. The third-order valence-corrected chi connectivity index (χ3v) is 9.31. The second kappa shape index (κ2) is 12.0. The number of nitrogens with zero attached hydrogens (tertiary/aromatic N) is 3. The van der Waals surface area contributed by atoms with E-state index in [0.29, 0.717) is 41.6 Å². The Morgan fingerprint density at radius 3 is 2.12 bits per heavy atom. The highest BCUT2D eigenvalue weighted by molar-refractivity contribution is 6.34. The summed E-state index contributed by atoms with van der Waals surface area (Å²) in [5, 5.41) is 11.3. The zero-order valence-corrected chi connectivity index (χ0v) is 23.7. The van der Waals surface area contributed by atoms with Gasteiger partial charge in [0.15, 0.2) is 0 Å². The highest BCUT2D eigenvalue weighted by Gasteiger charge is 2.49. The topological polar surface area (TPSA) is 64.1 Å². The maximum Gasteiger partial charge on any atom is 0.280 e. The molecule has 0 spiro atoms. The van der Waals surface area contributed by atoms with Crippen LogP contribution in [0.15, 0.2) is 48.5 Å². The van der Waals surface area contributed by atoms with Crippen molar-refractivity contribution >= 4 is 29.1 Å². The second-order valence-corrected chi connectivity index (χ2v) is 12.1. The minimum Gasteiger partial charge on any atom is -0.371 e. The molecule has 3 aliphatic rings. The number of hydrogen-bond acceptors (Lipinski definition) is 4. The Labute approximate surface area is 239 Å². The molecule has 2 aromatic carbocycles. The third-order valence-electron chi connectivity index (χ3n) is 9.00. The normalized spacial score (nSPS) is 20.4. The molecule has 0 aromatic heterocycles. The molecule has 0 radical (unpaired) electrons. The van der Waals surface area contributed by atoms with Crippen molar-refractivity contribution in [3.8, 4) is 0 Å². The van der Waals surface area contributed by atoms with E-state index in [1.54, 1.807) is 23.1 Å². The third kappa shape index (κ3) is 5.98. The van der Waals surface area contributed by atoms with Crippen molar-refractivity contribution in [1.82, 2.24) is 9.80 Å². The molecular weight excluding hydrogens is 536 g/mol. The average molecular weight is 574 g/mol. The van der Waals surface area contributed by atoms with Crippen LogP contribution in [0, 0.1) is 11.8 Å². The molecule has 2 aromatic rings. The molecule has 2 heterocycles. The van der Waals surface area contributed by atoms with E-state index in [1.165, 1.54) is 17.0 Å². The van der Waals surface area contributed by atoms with Crippen LogP contribution in [0.1, 0.15) is 60.9 Å². The summed E-state index contributed by atoms with van der Waals surface area (Å²) in [4.78, 5) is 31.3. The molecule has 0 bridgehead atoms. The first-order valence-electron chi connectivity index (χ1n) is 14.4. The van der Waals surface area contributed by atoms with Gasteiger partial charge in [-0.1, -0.05) is 41.9 Å². The molecule has 1 aliphatic carbocycles. The van der Waals surface area contributed by atoms with Crippen LogP contribution < -0.4 is 4.90 Å². The standard InChI is InChI=1S/C31H38ClF2N3O3/c1-35(24-7-8-24)28(38)26-10-9-25(20-27(26)32)36-15-11-21(12-16-36)19-22-13-17-37(18-14-22)30(39)31(40,29(33)34)23-5-3-2-4-6-23/h2-6,9-10,20-22,24,29,40H,7-8,11-19H2,1H3/t31-/m0/s1. The minimum atomic E-state index is -3.21. The smallest absolute Gasteiger partial charge is 0.280 e. The first-order chi connectivity index (χ1) is 19.2. The predicted octanol–water partition coefficient (Wildman–Crippen LogP) is 5.57. The molecule has 2 saturated heterocycles. The summed E-state index contributed by atoms with van der Waals surface area (Å²) >= 11 is 6.52. The van der Waals surface area contributed by atoms with Crippen molar-refractivity contribution in [2.45, 2.75) is 63.0 Å². The zero-order chi connectivity index (χ0) is 28.4. The number of halogens is 3. The molecule has 216 valence electrons. The lowest BCUT2D eigenvalue weighted by Gasteiger charge is -2.39. The Balaban J connectivity index is 1.10. The van der Waals surface area contributed by atoms with Crippen LogP contribution in [0.5, 0.6) is 0 Å². The maximum absolute atomic E-state index is 13.9. The van der Waals surface area contributed by atoms with Crippen molar-refractivity contribution in [2.24, 2.45) is 11.8 Å². The SMILES string of the molecule is CN(C(=O)c1ccc(N2CCC(CC3CCN(C(=O)[C@](O)(c4ccccc4)C(F)F)CC3)CC2)cc1Cl)C1CC1. The van der Waals surface area contributed by atoms with E-state index in [-0.39, 0.29) is 11.5 Å². The van der Waals surface area contributed by atoms with Crippen molar-refractivity contribution in [3.05, 3.63) is 64.7 Å². The molecule has 40 heavy (non-hydrogen) atoms.